The molecule has 0 saturated heterocycles. The smallest absolute Gasteiger partial charge is 0.107 e. The van der Waals surface area contributed by atoms with Gasteiger partial charge in [-0.3, -0.25) is 0 Å². The lowest BCUT2D eigenvalue weighted by Crippen LogP contribution is -1.93. The van der Waals surface area contributed by atoms with Crippen LogP contribution in [0.25, 0.3) is 0 Å². The van der Waals surface area contributed by atoms with Gasteiger partial charge < -0.3 is 0 Å². The zero-order valence-corrected chi connectivity index (χ0v) is 13.5. The normalized spacial score (nSPS) is 12.8. The van der Waals surface area contributed by atoms with Gasteiger partial charge in [0.25, 0.3) is 0 Å². The molecule has 1 atom stereocenters. The van der Waals surface area contributed by atoms with Crippen LogP contribution in [0, 0.1) is 6.92 Å². The largest absolute Gasteiger partial charge is 0.125 e. The maximum atomic E-state index is 6.46. The standard InChI is InChI=1S/C12H8BrCl3S/c1-6-4-7(14)2-3-8(6)11(15)10-5-9(13)12(16)17-10/h2-5,11H,1H3. The molecule has 0 saturated carbocycles. The molecule has 0 nitrogen and oxygen atoms in total. The van der Waals surface area contributed by atoms with E-state index in [-0.39, 0.29) is 5.38 Å². The van der Waals surface area contributed by atoms with Gasteiger partial charge in [-0.15, -0.1) is 22.9 Å². The van der Waals surface area contributed by atoms with Gasteiger partial charge in [-0.05, 0) is 52.2 Å². The molecule has 1 aromatic heterocycles. The van der Waals surface area contributed by atoms with E-state index in [0.717, 1.165) is 29.8 Å². The highest BCUT2D eigenvalue weighted by Crippen LogP contribution is 2.41. The fraction of sp³-hybridized carbons (Fsp3) is 0.167. The molecule has 0 fully saturated rings. The zero-order chi connectivity index (χ0) is 12.6. The fourth-order valence-electron chi connectivity index (χ4n) is 1.56. The second kappa shape index (κ2) is 5.50. The molecule has 2 rings (SSSR count). The first kappa shape index (κ1) is 13.7. The molecule has 2 aromatic rings. The van der Waals surface area contributed by atoms with Gasteiger partial charge in [0.2, 0.25) is 0 Å². The highest BCUT2D eigenvalue weighted by molar-refractivity contribution is 9.10. The minimum Gasteiger partial charge on any atom is -0.125 e. The molecule has 0 spiro atoms. The monoisotopic (exact) mass is 368 g/mol. The van der Waals surface area contributed by atoms with Crippen molar-refractivity contribution in [3.05, 3.63) is 54.1 Å². The van der Waals surface area contributed by atoms with Crippen LogP contribution >= 0.6 is 62.1 Å². The van der Waals surface area contributed by atoms with Crippen LogP contribution in [0.4, 0.5) is 0 Å². The second-order valence-corrected chi connectivity index (χ2v) is 7.05. The number of benzene rings is 1. The van der Waals surface area contributed by atoms with Crippen molar-refractivity contribution in [2.75, 3.05) is 0 Å². The van der Waals surface area contributed by atoms with E-state index >= 15 is 0 Å². The summed E-state index contributed by atoms with van der Waals surface area (Å²) in [5.74, 6) is 0. The van der Waals surface area contributed by atoms with Gasteiger partial charge in [0.05, 0.1) is 5.38 Å². The topological polar surface area (TPSA) is 0 Å². The summed E-state index contributed by atoms with van der Waals surface area (Å²) >= 11 is 23.3. The third-order valence-electron chi connectivity index (χ3n) is 2.42. The summed E-state index contributed by atoms with van der Waals surface area (Å²) in [5, 5.41) is 0.529. The van der Waals surface area contributed by atoms with Crippen LogP contribution in [-0.2, 0) is 0 Å². The fourth-order valence-corrected chi connectivity index (χ4v) is 3.97. The Hall–Kier alpha value is 0.270. The van der Waals surface area contributed by atoms with E-state index in [4.69, 9.17) is 34.8 Å². The van der Waals surface area contributed by atoms with Crippen LogP contribution in [0.1, 0.15) is 21.4 Å². The van der Waals surface area contributed by atoms with Crippen LogP contribution in [0.5, 0.6) is 0 Å². The van der Waals surface area contributed by atoms with Gasteiger partial charge in [-0.1, -0.05) is 29.3 Å². The highest BCUT2D eigenvalue weighted by Gasteiger charge is 2.17. The van der Waals surface area contributed by atoms with E-state index in [1.807, 2.05) is 31.2 Å². The van der Waals surface area contributed by atoms with Crippen LogP contribution in [0.15, 0.2) is 28.7 Å². The van der Waals surface area contributed by atoms with Gasteiger partial charge in [0.1, 0.15) is 4.34 Å². The lowest BCUT2D eigenvalue weighted by atomic mass is 10.0. The third-order valence-corrected chi connectivity index (χ3v) is 5.79. The third kappa shape index (κ3) is 2.99. The summed E-state index contributed by atoms with van der Waals surface area (Å²) in [6.07, 6.45) is 0. The Morgan fingerprint density at radius 1 is 1.24 bits per heavy atom. The lowest BCUT2D eigenvalue weighted by molar-refractivity contribution is 1.14. The Kier molecular flexibility index (Phi) is 4.43. The van der Waals surface area contributed by atoms with E-state index in [2.05, 4.69) is 15.9 Å². The number of rotatable bonds is 2. The first-order chi connectivity index (χ1) is 7.99. The Morgan fingerprint density at radius 3 is 2.47 bits per heavy atom. The van der Waals surface area contributed by atoms with Gasteiger partial charge in [0, 0.05) is 14.4 Å². The Morgan fingerprint density at radius 2 is 1.94 bits per heavy atom. The van der Waals surface area contributed by atoms with Crippen molar-refractivity contribution >= 4 is 62.1 Å². The first-order valence-electron chi connectivity index (χ1n) is 4.84. The van der Waals surface area contributed by atoms with E-state index in [1.54, 1.807) is 0 Å². The summed E-state index contributed by atoms with van der Waals surface area (Å²) < 4.78 is 1.61. The van der Waals surface area contributed by atoms with Gasteiger partial charge in [0.15, 0.2) is 0 Å². The maximum absolute atomic E-state index is 6.46. The molecular weight excluding hydrogens is 362 g/mol. The van der Waals surface area contributed by atoms with Gasteiger partial charge >= 0.3 is 0 Å². The van der Waals surface area contributed by atoms with Crippen LogP contribution < -0.4 is 0 Å². The second-order valence-electron chi connectivity index (χ2n) is 3.63. The molecule has 0 aliphatic heterocycles. The Bertz CT molecular complexity index is 531. The van der Waals surface area contributed by atoms with Crippen molar-refractivity contribution in [3.8, 4) is 0 Å². The minimum atomic E-state index is -0.193. The van der Waals surface area contributed by atoms with Gasteiger partial charge in [-0.2, -0.15) is 0 Å². The van der Waals surface area contributed by atoms with Crippen LogP contribution in [0.2, 0.25) is 9.36 Å². The van der Waals surface area contributed by atoms with E-state index in [0.29, 0.717) is 0 Å². The quantitative estimate of drug-likeness (QED) is 0.533. The SMILES string of the molecule is Cc1cc(Cl)ccc1C(Cl)c1cc(Br)c(Cl)s1. The van der Waals surface area contributed by atoms with Crippen molar-refractivity contribution in [2.24, 2.45) is 0 Å². The summed E-state index contributed by atoms with van der Waals surface area (Å²) in [4.78, 5) is 1.02. The average molecular weight is 371 g/mol. The molecule has 5 heteroatoms. The molecule has 90 valence electrons. The molecule has 17 heavy (non-hydrogen) atoms. The van der Waals surface area contributed by atoms with E-state index in [1.165, 1.54) is 11.3 Å². The van der Waals surface area contributed by atoms with E-state index in [9.17, 15) is 0 Å². The number of hydrogen-bond acceptors (Lipinski definition) is 1. The number of alkyl halides is 1. The number of thiophene rings is 1. The van der Waals surface area contributed by atoms with Crippen molar-refractivity contribution in [1.82, 2.24) is 0 Å². The predicted molar refractivity (Wildman–Crippen MR) is 80.9 cm³/mol. The van der Waals surface area contributed by atoms with Crippen molar-refractivity contribution in [2.45, 2.75) is 12.3 Å². The predicted octanol–water partition coefficient (Wildman–Crippen LogP) is 6.45. The van der Waals surface area contributed by atoms with E-state index < -0.39 is 0 Å². The molecule has 0 bridgehead atoms. The molecule has 1 unspecified atom stereocenters. The van der Waals surface area contributed by atoms with Crippen LogP contribution in [0.3, 0.4) is 0 Å². The first-order valence-corrected chi connectivity index (χ1v) is 7.64. The molecule has 0 N–H and O–H groups in total. The Labute approximate surface area is 128 Å². The van der Waals surface area contributed by atoms with Crippen molar-refractivity contribution in [3.63, 3.8) is 0 Å². The van der Waals surface area contributed by atoms with Gasteiger partial charge in [-0.25, -0.2) is 0 Å². The molecule has 1 aromatic carbocycles. The number of aryl methyl sites for hydroxylation is 1. The zero-order valence-electron chi connectivity index (χ0n) is 8.81. The molecule has 0 aliphatic carbocycles. The molecule has 1 heterocycles. The Balaban J connectivity index is 2.39. The maximum Gasteiger partial charge on any atom is 0.107 e. The summed E-state index contributed by atoms with van der Waals surface area (Å²) in [5.41, 5.74) is 2.14. The summed E-state index contributed by atoms with van der Waals surface area (Å²) in [6, 6.07) is 7.68. The number of hydrogen-bond donors (Lipinski definition) is 0. The average Bonchev–Trinajstić information content (AvgIpc) is 2.58. The summed E-state index contributed by atoms with van der Waals surface area (Å²) in [6.45, 7) is 2.00. The van der Waals surface area contributed by atoms with Crippen molar-refractivity contribution in [1.29, 1.82) is 0 Å². The highest BCUT2D eigenvalue weighted by atomic mass is 79.9. The molecular formula is C12H8BrCl3S. The minimum absolute atomic E-state index is 0.193. The molecule has 0 amide bonds. The lowest BCUT2D eigenvalue weighted by Gasteiger charge is -2.11. The van der Waals surface area contributed by atoms with Crippen LogP contribution in [-0.4, -0.2) is 0 Å². The molecule has 0 radical (unpaired) electrons. The number of halogens is 4. The van der Waals surface area contributed by atoms with Crippen molar-refractivity contribution < 1.29 is 0 Å². The summed E-state index contributed by atoms with van der Waals surface area (Å²) in [7, 11) is 0. The molecule has 0 aliphatic rings.